The highest BCUT2D eigenvalue weighted by Crippen LogP contribution is 2.46. The molecule has 1 spiro atoms. The van der Waals surface area contributed by atoms with Gasteiger partial charge in [0.1, 0.15) is 0 Å². The van der Waals surface area contributed by atoms with Gasteiger partial charge in [-0.25, -0.2) is 9.97 Å². The SMILES string of the molecule is Cc1ccc(Sc2cnc(N3CCC4(CCC[C@H]4N)CC3)n3ccnc23)cc1. The Morgan fingerprint density at radius 2 is 1.89 bits per heavy atom. The second kappa shape index (κ2) is 7.08. The zero-order valence-electron chi connectivity index (χ0n) is 16.3. The van der Waals surface area contributed by atoms with Gasteiger partial charge in [-0.3, -0.25) is 4.40 Å². The number of aryl methyl sites for hydroxylation is 1. The van der Waals surface area contributed by atoms with Gasteiger partial charge in [-0.2, -0.15) is 0 Å². The van der Waals surface area contributed by atoms with Gasteiger partial charge in [-0.1, -0.05) is 35.9 Å². The highest BCUT2D eigenvalue weighted by atomic mass is 32.2. The highest BCUT2D eigenvalue weighted by molar-refractivity contribution is 7.99. The van der Waals surface area contributed by atoms with Crippen molar-refractivity contribution in [3.63, 3.8) is 0 Å². The standard InChI is InChI=1S/C22H27N5S/c1-16-4-6-17(7-5-16)28-18-15-25-21(27-14-11-24-20(18)27)26-12-9-22(10-13-26)8-2-3-19(22)23/h4-7,11,14-15,19H,2-3,8-10,12-13,23H2,1H3/t19-/m1/s1. The van der Waals surface area contributed by atoms with Gasteiger partial charge in [-0.05, 0) is 50.2 Å². The average Bonchev–Trinajstić information content (AvgIpc) is 3.33. The molecule has 2 aliphatic rings. The zero-order chi connectivity index (χ0) is 19.1. The van der Waals surface area contributed by atoms with Crippen LogP contribution >= 0.6 is 11.8 Å². The largest absolute Gasteiger partial charge is 0.342 e. The molecule has 1 aliphatic heterocycles. The maximum absolute atomic E-state index is 6.45. The lowest BCUT2D eigenvalue weighted by atomic mass is 9.74. The van der Waals surface area contributed by atoms with Gasteiger partial charge in [-0.15, -0.1) is 0 Å². The first-order valence-electron chi connectivity index (χ1n) is 10.2. The number of hydrogen-bond acceptors (Lipinski definition) is 5. The summed E-state index contributed by atoms with van der Waals surface area (Å²) in [5.41, 5.74) is 9.07. The predicted octanol–water partition coefficient (Wildman–Crippen LogP) is 4.29. The van der Waals surface area contributed by atoms with Crippen molar-refractivity contribution >= 4 is 23.4 Å². The summed E-state index contributed by atoms with van der Waals surface area (Å²) >= 11 is 1.72. The highest BCUT2D eigenvalue weighted by Gasteiger charge is 2.43. The Balaban J connectivity index is 1.40. The summed E-state index contributed by atoms with van der Waals surface area (Å²) in [5, 5.41) is 0. The number of anilines is 1. The van der Waals surface area contributed by atoms with E-state index in [1.165, 1.54) is 42.6 Å². The normalized spacial score (nSPS) is 21.6. The molecule has 5 rings (SSSR count). The molecule has 0 amide bonds. The van der Waals surface area contributed by atoms with Crippen LogP contribution < -0.4 is 10.6 Å². The quantitative estimate of drug-likeness (QED) is 0.719. The van der Waals surface area contributed by atoms with Crippen molar-refractivity contribution in [1.82, 2.24) is 14.4 Å². The summed E-state index contributed by atoms with van der Waals surface area (Å²) in [7, 11) is 0. The number of nitrogens with two attached hydrogens (primary N) is 1. The monoisotopic (exact) mass is 393 g/mol. The summed E-state index contributed by atoms with van der Waals surface area (Å²) < 4.78 is 2.14. The van der Waals surface area contributed by atoms with Crippen molar-refractivity contribution in [2.24, 2.45) is 11.1 Å². The molecule has 0 bridgehead atoms. The van der Waals surface area contributed by atoms with Gasteiger partial charge in [0.2, 0.25) is 5.95 Å². The summed E-state index contributed by atoms with van der Waals surface area (Å²) in [6.07, 6.45) is 12.0. The molecule has 28 heavy (non-hydrogen) atoms. The molecule has 1 atom stereocenters. The predicted molar refractivity (Wildman–Crippen MR) is 114 cm³/mol. The number of benzene rings is 1. The van der Waals surface area contributed by atoms with Gasteiger partial charge >= 0.3 is 0 Å². The van der Waals surface area contributed by atoms with Gasteiger partial charge in [0.15, 0.2) is 5.65 Å². The molecule has 2 fully saturated rings. The summed E-state index contributed by atoms with van der Waals surface area (Å²) in [6.45, 7) is 4.16. The Hall–Kier alpha value is -2.05. The third-order valence-corrected chi connectivity index (χ3v) is 7.66. The molecule has 1 saturated heterocycles. The van der Waals surface area contributed by atoms with Crippen molar-refractivity contribution in [3.8, 4) is 0 Å². The van der Waals surface area contributed by atoms with E-state index in [-0.39, 0.29) is 0 Å². The van der Waals surface area contributed by atoms with Crippen molar-refractivity contribution in [2.45, 2.75) is 54.9 Å². The number of aromatic nitrogens is 3. The molecule has 146 valence electrons. The Morgan fingerprint density at radius 3 is 2.61 bits per heavy atom. The van der Waals surface area contributed by atoms with E-state index in [9.17, 15) is 0 Å². The van der Waals surface area contributed by atoms with Crippen LogP contribution in [0.2, 0.25) is 0 Å². The van der Waals surface area contributed by atoms with Crippen LogP contribution in [0.4, 0.5) is 5.95 Å². The Labute approximate surface area is 170 Å². The molecule has 1 aromatic carbocycles. The van der Waals surface area contributed by atoms with Crippen LogP contribution in [0.25, 0.3) is 5.65 Å². The van der Waals surface area contributed by atoms with Crippen molar-refractivity contribution in [3.05, 3.63) is 48.4 Å². The van der Waals surface area contributed by atoms with Gasteiger partial charge in [0.05, 0.1) is 4.90 Å². The summed E-state index contributed by atoms with van der Waals surface area (Å²) in [6, 6.07) is 8.98. The third kappa shape index (κ3) is 3.08. The minimum atomic E-state index is 0.367. The number of fused-ring (bicyclic) bond motifs is 1. The Morgan fingerprint density at radius 1 is 1.11 bits per heavy atom. The van der Waals surface area contributed by atoms with Crippen molar-refractivity contribution in [1.29, 1.82) is 0 Å². The molecule has 3 heterocycles. The van der Waals surface area contributed by atoms with E-state index >= 15 is 0 Å². The maximum atomic E-state index is 6.45. The van der Waals surface area contributed by atoms with E-state index in [4.69, 9.17) is 10.7 Å². The zero-order valence-corrected chi connectivity index (χ0v) is 17.2. The van der Waals surface area contributed by atoms with Gasteiger partial charge in [0, 0.05) is 42.6 Å². The van der Waals surface area contributed by atoms with E-state index in [0.717, 1.165) is 29.6 Å². The summed E-state index contributed by atoms with van der Waals surface area (Å²) in [5.74, 6) is 1.00. The number of hydrogen-bond donors (Lipinski definition) is 1. The first-order chi connectivity index (χ1) is 13.6. The average molecular weight is 394 g/mol. The molecule has 0 radical (unpaired) electrons. The molecular weight excluding hydrogens is 366 g/mol. The van der Waals surface area contributed by atoms with E-state index in [1.807, 2.05) is 18.6 Å². The van der Waals surface area contributed by atoms with Crippen LogP contribution in [0.1, 0.15) is 37.7 Å². The lowest BCUT2D eigenvalue weighted by molar-refractivity contribution is 0.197. The van der Waals surface area contributed by atoms with E-state index in [0.29, 0.717) is 11.5 Å². The molecule has 2 aromatic heterocycles. The minimum Gasteiger partial charge on any atom is -0.342 e. The van der Waals surface area contributed by atoms with Crippen LogP contribution in [-0.4, -0.2) is 33.5 Å². The fourth-order valence-electron chi connectivity index (χ4n) is 4.86. The topological polar surface area (TPSA) is 59.5 Å². The molecular formula is C22H27N5S. The lowest BCUT2D eigenvalue weighted by Gasteiger charge is -2.42. The fraction of sp³-hybridized carbons (Fsp3) is 0.455. The Bertz CT molecular complexity index is 972. The maximum Gasteiger partial charge on any atom is 0.211 e. The Kier molecular flexibility index (Phi) is 4.56. The number of piperidine rings is 1. The smallest absolute Gasteiger partial charge is 0.211 e. The van der Waals surface area contributed by atoms with E-state index in [2.05, 4.69) is 45.5 Å². The number of nitrogens with zero attached hydrogens (tertiary/aromatic N) is 4. The van der Waals surface area contributed by atoms with Gasteiger partial charge in [0.25, 0.3) is 0 Å². The molecule has 0 unspecified atom stereocenters. The second-order valence-electron chi connectivity index (χ2n) is 8.31. The number of rotatable bonds is 3. The fourth-order valence-corrected chi connectivity index (χ4v) is 5.74. The van der Waals surface area contributed by atoms with Crippen LogP contribution in [0.15, 0.2) is 52.6 Å². The number of imidazole rings is 1. The minimum absolute atomic E-state index is 0.367. The van der Waals surface area contributed by atoms with E-state index < -0.39 is 0 Å². The third-order valence-electron chi connectivity index (χ3n) is 6.64. The first-order valence-corrected chi connectivity index (χ1v) is 11.0. The van der Waals surface area contributed by atoms with Crippen LogP contribution in [0, 0.1) is 12.3 Å². The molecule has 3 aromatic rings. The van der Waals surface area contributed by atoms with Crippen molar-refractivity contribution in [2.75, 3.05) is 18.0 Å². The second-order valence-corrected chi connectivity index (χ2v) is 9.42. The van der Waals surface area contributed by atoms with Crippen LogP contribution in [0.5, 0.6) is 0 Å². The van der Waals surface area contributed by atoms with Crippen molar-refractivity contribution < 1.29 is 0 Å². The molecule has 2 N–H and O–H groups in total. The van der Waals surface area contributed by atoms with Crippen LogP contribution in [-0.2, 0) is 0 Å². The molecule has 5 nitrogen and oxygen atoms in total. The summed E-state index contributed by atoms with van der Waals surface area (Å²) in [4.78, 5) is 14.2. The van der Waals surface area contributed by atoms with E-state index in [1.54, 1.807) is 11.8 Å². The molecule has 1 saturated carbocycles. The first kappa shape index (κ1) is 18.0. The molecule has 1 aliphatic carbocycles. The molecule has 6 heteroatoms. The van der Waals surface area contributed by atoms with Gasteiger partial charge < -0.3 is 10.6 Å². The lowest BCUT2D eigenvalue weighted by Crippen LogP contribution is -2.47. The van der Waals surface area contributed by atoms with Crippen LogP contribution in [0.3, 0.4) is 0 Å².